The van der Waals surface area contributed by atoms with Gasteiger partial charge in [-0.25, -0.2) is 0 Å². The highest BCUT2D eigenvalue weighted by atomic mass is 16.5. The van der Waals surface area contributed by atoms with Crippen LogP contribution in [0.4, 0.5) is 0 Å². The molecule has 2 amide bonds. The number of hydrogen-bond donors (Lipinski definition) is 2. The van der Waals surface area contributed by atoms with Crippen LogP contribution in [0.25, 0.3) is 0 Å². The predicted octanol–water partition coefficient (Wildman–Crippen LogP) is 2.59. The first-order chi connectivity index (χ1) is 16.8. The Kier molecular flexibility index (Phi) is 8.03. The summed E-state index contributed by atoms with van der Waals surface area (Å²) in [5, 5.41) is 5.78. The zero-order chi connectivity index (χ0) is 24.8. The van der Waals surface area contributed by atoms with Crippen molar-refractivity contribution < 1.29 is 23.5 Å². The maximum absolute atomic E-state index is 13.5. The fraction of sp³-hybridized carbons (Fsp3) is 0.519. The van der Waals surface area contributed by atoms with E-state index < -0.39 is 18.0 Å². The molecule has 3 heterocycles. The van der Waals surface area contributed by atoms with Gasteiger partial charge in [0.2, 0.25) is 5.91 Å². The summed E-state index contributed by atoms with van der Waals surface area (Å²) in [6, 6.07) is 10.1. The number of nitrogens with zero attached hydrogens (tertiary/aromatic N) is 1. The maximum atomic E-state index is 13.5. The third-order valence-corrected chi connectivity index (χ3v) is 6.78. The van der Waals surface area contributed by atoms with Gasteiger partial charge in [0.05, 0.1) is 17.9 Å². The van der Waals surface area contributed by atoms with Crippen LogP contribution in [0.3, 0.4) is 0 Å². The van der Waals surface area contributed by atoms with Crippen molar-refractivity contribution >= 4 is 17.6 Å². The van der Waals surface area contributed by atoms with Crippen molar-refractivity contribution in [2.75, 3.05) is 26.2 Å². The lowest BCUT2D eigenvalue weighted by atomic mass is 9.79. The first-order valence-corrected chi connectivity index (χ1v) is 12.3. The van der Waals surface area contributed by atoms with E-state index in [1.165, 1.54) is 12.5 Å². The van der Waals surface area contributed by atoms with E-state index in [2.05, 4.69) is 41.5 Å². The van der Waals surface area contributed by atoms with Crippen LogP contribution < -0.4 is 10.6 Å². The van der Waals surface area contributed by atoms with Crippen LogP contribution in [0, 0.1) is 5.41 Å². The Morgan fingerprint density at radius 2 is 1.89 bits per heavy atom. The Labute approximate surface area is 206 Å². The first kappa shape index (κ1) is 25.1. The molecular weight excluding hydrogens is 446 g/mol. The molecule has 2 unspecified atom stereocenters. The Bertz CT molecular complexity index is 999. The van der Waals surface area contributed by atoms with Crippen molar-refractivity contribution in [1.82, 2.24) is 15.5 Å². The first-order valence-electron chi connectivity index (χ1n) is 12.3. The van der Waals surface area contributed by atoms with Crippen LogP contribution in [0.15, 0.2) is 53.3 Å². The minimum atomic E-state index is -0.822. The van der Waals surface area contributed by atoms with E-state index in [9.17, 15) is 14.4 Å². The van der Waals surface area contributed by atoms with E-state index in [1.54, 1.807) is 6.07 Å². The summed E-state index contributed by atoms with van der Waals surface area (Å²) in [7, 11) is 0. The maximum Gasteiger partial charge on any atom is 0.255 e. The highest BCUT2D eigenvalue weighted by molar-refractivity contribution is 5.98. The SMILES string of the molecule is CC(C)(Cc1ccccc1)C[C@H](NC(=O)c1ccoc1)C(=O)NC1C(=O)COC1CN1CCCC1. The summed E-state index contributed by atoms with van der Waals surface area (Å²) < 4.78 is 10.8. The monoisotopic (exact) mass is 481 g/mol. The minimum Gasteiger partial charge on any atom is -0.472 e. The van der Waals surface area contributed by atoms with Crippen LogP contribution in [0.2, 0.25) is 0 Å². The number of rotatable bonds is 10. The van der Waals surface area contributed by atoms with Crippen LogP contribution >= 0.6 is 0 Å². The van der Waals surface area contributed by atoms with Crippen LogP contribution in [-0.2, 0) is 20.7 Å². The molecule has 2 N–H and O–H groups in total. The fourth-order valence-corrected chi connectivity index (χ4v) is 5.01. The number of ketones is 1. The molecule has 4 rings (SSSR count). The summed E-state index contributed by atoms with van der Waals surface area (Å²) in [6.07, 6.45) is 5.79. The molecule has 2 aromatic rings. The summed E-state index contributed by atoms with van der Waals surface area (Å²) in [5.74, 6) is -0.902. The number of ether oxygens (including phenoxy) is 1. The third-order valence-electron chi connectivity index (χ3n) is 6.78. The van der Waals surface area contributed by atoms with Gasteiger partial charge < -0.3 is 24.7 Å². The summed E-state index contributed by atoms with van der Waals surface area (Å²) in [4.78, 5) is 41.2. The number of hydrogen-bond acceptors (Lipinski definition) is 6. The number of nitrogens with one attached hydrogen (secondary N) is 2. The van der Waals surface area contributed by atoms with Crippen LogP contribution in [0.1, 0.15) is 49.0 Å². The average molecular weight is 482 g/mol. The Hall–Kier alpha value is -2.97. The van der Waals surface area contributed by atoms with Crippen LogP contribution in [0.5, 0.6) is 0 Å². The minimum absolute atomic E-state index is 0.00496. The third kappa shape index (κ3) is 6.80. The molecule has 2 saturated heterocycles. The number of carbonyl (C=O) groups excluding carboxylic acids is 3. The molecule has 0 aliphatic carbocycles. The molecular formula is C27H35N3O5. The molecule has 0 radical (unpaired) electrons. The average Bonchev–Trinajstić information content (AvgIpc) is 3.59. The molecule has 8 nitrogen and oxygen atoms in total. The van der Waals surface area contributed by atoms with Gasteiger partial charge in [-0.3, -0.25) is 14.4 Å². The number of Topliss-reactive ketones (excluding diaryl/α,β-unsaturated/α-hetero) is 1. The smallest absolute Gasteiger partial charge is 0.255 e. The molecule has 2 aliphatic heterocycles. The second-order valence-corrected chi connectivity index (χ2v) is 10.4. The number of amides is 2. The molecule has 1 aromatic heterocycles. The highest BCUT2D eigenvalue weighted by Crippen LogP contribution is 2.28. The van der Waals surface area contributed by atoms with Crippen molar-refractivity contribution in [3.63, 3.8) is 0 Å². The molecule has 2 fully saturated rings. The Morgan fingerprint density at radius 1 is 1.14 bits per heavy atom. The van der Waals surface area contributed by atoms with Gasteiger partial charge in [0, 0.05) is 6.54 Å². The molecule has 2 aliphatic rings. The Balaban J connectivity index is 1.47. The zero-order valence-corrected chi connectivity index (χ0v) is 20.5. The summed E-state index contributed by atoms with van der Waals surface area (Å²) in [6.45, 7) is 6.71. The second kappa shape index (κ2) is 11.2. The molecule has 0 spiro atoms. The van der Waals surface area contributed by atoms with E-state index in [-0.39, 0.29) is 29.8 Å². The van der Waals surface area contributed by atoms with E-state index in [0.29, 0.717) is 18.5 Å². The molecule has 35 heavy (non-hydrogen) atoms. The molecule has 0 saturated carbocycles. The van der Waals surface area contributed by atoms with Crippen molar-refractivity contribution in [2.45, 2.75) is 57.7 Å². The normalized spacial score (nSPS) is 21.7. The topological polar surface area (TPSA) is 101 Å². The number of carbonyl (C=O) groups is 3. The van der Waals surface area contributed by atoms with E-state index in [1.807, 2.05) is 18.2 Å². The summed E-state index contributed by atoms with van der Waals surface area (Å²) in [5.41, 5.74) is 1.21. The standard InChI is InChI=1S/C27H35N3O5/c1-27(2,14-19-8-4-3-5-9-19)15-21(28-25(32)20-10-13-34-17-20)26(33)29-24-22(31)18-35-23(24)16-30-11-6-7-12-30/h3-5,8-10,13,17,21,23-24H,6-7,11-12,14-16,18H2,1-2H3,(H,28,32)(H,29,33)/t21-,23?,24?/m0/s1. The molecule has 1 aromatic carbocycles. The fourth-order valence-electron chi connectivity index (χ4n) is 5.01. The quantitative estimate of drug-likeness (QED) is 0.541. The Morgan fingerprint density at radius 3 is 2.57 bits per heavy atom. The van der Waals surface area contributed by atoms with Gasteiger partial charge >= 0.3 is 0 Å². The molecule has 8 heteroatoms. The van der Waals surface area contributed by atoms with Gasteiger partial charge in [-0.15, -0.1) is 0 Å². The lowest BCUT2D eigenvalue weighted by molar-refractivity contribution is -0.128. The van der Waals surface area contributed by atoms with Gasteiger partial charge in [0.1, 0.15) is 25.0 Å². The van der Waals surface area contributed by atoms with E-state index >= 15 is 0 Å². The van der Waals surface area contributed by atoms with Crippen molar-refractivity contribution in [3.8, 4) is 0 Å². The highest BCUT2D eigenvalue weighted by Gasteiger charge is 2.40. The molecule has 3 atom stereocenters. The largest absolute Gasteiger partial charge is 0.472 e. The van der Waals surface area contributed by atoms with Crippen LogP contribution in [-0.4, -0.2) is 66.9 Å². The van der Waals surface area contributed by atoms with Gasteiger partial charge in [0.15, 0.2) is 5.78 Å². The zero-order valence-electron chi connectivity index (χ0n) is 20.5. The number of likely N-dealkylation sites (tertiary alicyclic amines) is 1. The number of benzene rings is 1. The molecule has 188 valence electrons. The molecule has 0 bridgehead atoms. The van der Waals surface area contributed by atoms with Crippen molar-refractivity contribution in [3.05, 3.63) is 60.1 Å². The predicted molar refractivity (Wildman–Crippen MR) is 131 cm³/mol. The van der Waals surface area contributed by atoms with E-state index in [0.717, 1.165) is 37.9 Å². The lowest BCUT2D eigenvalue weighted by Crippen LogP contribution is -2.55. The van der Waals surface area contributed by atoms with Crippen molar-refractivity contribution in [1.29, 1.82) is 0 Å². The number of furan rings is 1. The van der Waals surface area contributed by atoms with E-state index in [4.69, 9.17) is 9.15 Å². The van der Waals surface area contributed by atoms with Gasteiger partial charge in [-0.05, 0) is 55.8 Å². The van der Waals surface area contributed by atoms with Gasteiger partial charge in [0.25, 0.3) is 5.91 Å². The van der Waals surface area contributed by atoms with Gasteiger partial charge in [-0.1, -0.05) is 44.2 Å². The van der Waals surface area contributed by atoms with Crippen molar-refractivity contribution in [2.24, 2.45) is 5.41 Å². The summed E-state index contributed by atoms with van der Waals surface area (Å²) >= 11 is 0. The lowest BCUT2D eigenvalue weighted by Gasteiger charge is -2.31. The van der Waals surface area contributed by atoms with Gasteiger partial charge in [-0.2, -0.15) is 0 Å². The second-order valence-electron chi connectivity index (χ2n) is 10.4.